The second-order valence-electron chi connectivity index (χ2n) is 7.37. The number of benzene rings is 2. The highest BCUT2D eigenvalue weighted by atomic mass is 31.1. The topological polar surface area (TPSA) is 42.0 Å². The molecule has 1 amide bonds. The van der Waals surface area contributed by atoms with Crippen LogP contribution < -0.4 is 21.4 Å². The molecule has 0 radical (unpaired) electrons. The molecule has 6 heteroatoms. The van der Waals surface area contributed by atoms with E-state index in [4.69, 9.17) is 0 Å². The van der Waals surface area contributed by atoms with Gasteiger partial charge in [-0.05, 0) is 47.0 Å². The lowest BCUT2D eigenvalue weighted by Crippen LogP contribution is -2.29. The highest BCUT2D eigenvalue weighted by Crippen LogP contribution is 2.32. The lowest BCUT2D eigenvalue weighted by atomic mass is 9.96. The molecular formula is C22H21F2N2OP. The first-order valence-electron chi connectivity index (χ1n) is 8.84. The first-order valence-corrected chi connectivity index (χ1v) is 10.2. The minimum absolute atomic E-state index is 0.134. The second kappa shape index (κ2) is 8.15. The van der Waals surface area contributed by atoms with Crippen molar-refractivity contribution in [3.8, 4) is 0 Å². The third kappa shape index (κ3) is 4.79. The van der Waals surface area contributed by atoms with Crippen molar-refractivity contribution in [1.82, 2.24) is 4.98 Å². The van der Waals surface area contributed by atoms with E-state index in [-0.39, 0.29) is 17.5 Å². The molecule has 2 aromatic carbocycles. The summed E-state index contributed by atoms with van der Waals surface area (Å²) >= 11 is 0. The predicted molar refractivity (Wildman–Crippen MR) is 111 cm³/mol. The summed E-state index contributed by atoms with van der Waals surface area (Å²) in [5.74, 6) is -0.326. The molecule has 1 aromatic heterocycles. The number of nitrogens with zero attached hydrogens (tertiary/aromatic N) is 1. The first kappa shape index (κ1) is 20.1. The van der Waals surface area contributed by atoms with Crippen molar-refractivity contribution in [3.05, 3.63) is 78.4 Å². The molecule has 0 fully saturated rings. The van der Waals surface area contributed by atoms with Crippen molar-refractivity contribution >= 4 is 35.7 Å². The third-order valence-corrected chi connectivity index (χ3v) is 6.39. The van der Waals surface area contributed by atoms with Crippen LogP contribution in [0.2, 0.25) is 0 Å². The number of hydrogen-bond acceptors (Lipinski definition) is 2. The van der Waals surface area contributed by atoms with Crippen molar-refractivity contribution < 1.29 is 13.6 Å². The van der Waals surface area contributed by atoms with Gasteiger partial charge in [0.05, 0.1) is 5.44 Å². The van der Waals surface area contributed by atoms with Gasteiger partial charge >= 0.3 is 0 Å². The summed E-state index contributed by atoms with van der Waals surface area (Å²) in [6.45, 7) is 5.49. The average Bonchev–Trinajstić information content (AvgIpc) is 2.65. The van der Waals surface area contributed by atoms with Crippen molar-refractivity contribution in [2.24, 2.45) is 5.41 Å². The average molecular weight is 398 g/mol. The van der Waals surface area contributed by atoms with Gasteiger partial charge in [0.2, 0.25) is 5.91 Å². The predicted octanol–water partition coefficient (Wildman–Crippen LogP) is 4.10. The maximum Gasteiger partial charge on any atom is 0.230 e. The standard InChI is InChI=1S/C22H21F2N2OP/c1-22(2,3)21(27)26-19-5-4-6-20(25-19)28(17-11-7-15(23)8-12-17)18-13-9-16(24)10-14-18/h4-14H,1-3H3,(H,25,26,27). The van der Waals surface area contributed by atoms with E-state index in [2.05, 4.69) is 10.3 Å². The zero-order chi connectivity index (χ0) is 20.3. The molecule has 0 aliphatic carbocycles. The molecule has 3 nitrogen and oxygen atoms in total. The highest BCUT2D eigenvalue weighted by molar-refractivity contribution is 7.79. The molecule has 0 bridgehead atoms. The summed E-state index contributed by atoms with van der Waals surface area (Å²) in [5.41, 5.74) is 0.191. The molecule has 28 heavy (non-hydrogen) atoms. The molecule has 1 N–H and O–H groups in total. The number of pyridine rings is 1. The zero-order valence-corrected chi connectivity index (χ0v) is 16.8. The van der Waals surface area contributed by atoms with Gasteiger partial charge in [-0.1, -0.05) is 51.1 Å². The van der Waals surface area contributed by atoms with Crippen LogP contribution in [0.1, 0.15) is 20.8 Å². The maximum absolute atomic E-state index is 13.4. The summed E-state index contributed by atoms with van der Waals surface area (Å²) in [5, 5.41) is 4.61. The van der Waals surface area contributed by atoms with Crippen LogP contribution in [-0.4, -0.2) is 10.9 Å². The van der Waals surface area contributed by atoms with Crippen molar-refractivity contribution in [3.63, 3.8) is 0 Å². The van der Waals surface area contributed by atoms with E-state index in [9.17, 15) is 13.6 Å². The minimum Gasteiger partial charge on any atom is -0.310 e. The van der Waals surface area contributed by atoms with Crippen molar-refractivity contribution in [2.45, 2.75) is 20.8 Å². The van der Waals surface area contributed by atoms with Gasteiger partial charge in [0.15, 0.2) is 0 Å². The number of rotatable bonds is 4. The van der Waals surface area contributed by atoms with Crippen LogP contribution in [0.5, 0.6) is 0 Å². The number of hydrogen-bond donors (Lipinski definition) is 1. The Bertz CT molecular complexity index is 922. The fraction of sp³-hybridized carbons (Fsp3) is 0.182. The highest BCUT2D eigenvalue weighted by Gasteiger charge is 2.23. The quantitative estimate of drug-likeness (QED) is 0.673. The van der Waals surface area contributed by atoms with Gasteiger partial charge in [0, 0.05) is 13.3 Å². The Morgan fingerprint density at radius 3 is 1.82 bits per heavy atom. The Kier molecular flexibility index (Phi) is 5.85. The number of nitrogens with one attached hydrogen (secondary N) is 1. The molecule has 0 spiro atoms. The van der Waals surface area contributed by atoms with E-state index in [1.165, 1.54) is 24.3 Å². The molecule has 3 rings (SSSR count). The van der Waals surface area contributed by atoms with Gasteiger partial charge in [-0.2, -0.15) is 0 Å². The van der Waals surface area contributed by atoms with E-state index in [0.29, 0.717) is 5.82 Å². The Balaban J connectivity index is 2.03. The number of carbonyl (C=O) groups excluding carboxylic acids is 1. The molecule has 0 saturated carbocycles. The number of aromatic nitrogens is 1. The monoisotopic (exact) mass is 398 g/mol. The van der Waals surface area contributed by atoms with Crippen LogP contribution in [-0.2, 0) is 4.79 Å². The number of amides is 1. The zero-order valence-electron chi connectivity index (χ0n) is 15.9. The van der Waals surface area contributed by atoms with Crippen molar-refractivity contribution in [1.29, 1.82) is 0 Å². The van der Waals surface area contributed by atoms with E-state index in [0.717, 1.165) is 16.0 Å². The Labute approximate surface area is 164 Å². The molecular weight excluding hydrogens is 377 g/mol. The van der Waals surface area contributed by atoms with Crippen LogP contribution in [0.25, 0.3) is 0 Å². The van der Waals surface area contributed by atoms with Gasteiger partial charge in [-0.25, -0.2) is 13.8 Å². The number of halogens is 2. The van der Waals surface area contributed by atoms with Crippen LogP contribution in [0.15, 0.2) is 66.7 Å². The summed E-state index contributed by atoms with van der Waals surface area (Å²) < 4.78 is 26.8. The Morgan fingerprint density at radius 2 is 1.36 bits per heavy atom. The summed E-state index contributed by atoms with van der Waals surface area (Å²) in [7, 11) is -1.14. The SMILES string of the molecule is CC(C)(C)C(=O)Nc1cccc(P(c2ccc(F)cc2)c2ccc(F)cc2)n1. The van der Waals surface area contributed by atoms with Crippen LogP contribution in [0.4, 0.5) is 14.6 Å². The normalized spacial score (nSPS) is 11.5. The second-order valence-corrected chi connectivity index (χ2v) is 9.54. The van der Waals surface area contributed by atoms with Gasteiger partial charge in [0.25, 0.3) is 0 Å². The van der Waals surface area contributed by atoms with Gasteiger partial charge in [-0.3, -0.25) is 4.79 Å². The molecule has 0 saturated heterocycles. The number of anilines is 1. The van der Waals surface area contributed by atoms with Crippen molar-refractivity contribution in [2.75, 3.05) is 5.32 Å². The summed E-state index contributed by atoms with van der Waals surface area (Å²) in [6.07, 6.45) is 0. The smallest absolute Gasteiger partial charge is 0.230 e. The minimum atomic E-state index is -1.14. The molecule has 0 unspecified atom stereocenters. The molecule has 0 aliphatic rings. The lowest BCUT2D eigenvalue weighted by molar-refractivity contribution is -0.123. The van der Waals surface area contributed by atoms with E-state index < -0.39 is 13.3 Å². The van der Waals surface area contributed by atoms with E-state index in [1.54, 1.807) is 30.3 Å². The fourth-order valence-corrected chi connectivity index (χ4v) is 4.68. The van der Waals surface area contributed by atoms with Gasteiger partial charge < -0.3 is 5.32 Å². The third-order valence-electron chi connectivity index (χ3n) is 4.06. The maximum atomic E-state index is 13.4. The summed E-state index contributed by atoms with van der Waals surface area (Å²) in [6, 6.07) is 17.9. The molecule has 144 valence electrons. The molecule has 3 aromatic rings. The lowest BCUT2D eigenvalue weighted by Gasteiger charge is -2.20. The van der Waals surface area contributed by atoms with Crippen LogP contribution in [0.3, 0.4) is 0 Å². The summed E-state index contributed by atoms with van der Waals surface area (Å²) in [4.78, 5) is 16.9. The first-order chi connectivity index (χ1) is 13.2. The Hall–Kier alpha value is -2.65. The van der Waals surface area contributed by atoms with E-state index >= 15 is 0 Å². The Morgan fingerprint density at radius 1 is 0.857 bits per heavy atom. The van der Waals surface area contributed by atoms with Crippen LogP contribution >= 0.6 is 7.92 Å². The molecule has 0 atom stereocenters. The van der Waals surface area contributed by atoms with Crippen LogP contribution in [0, 0.1) is 17.0 Å². The largest absolute Gasteiger partial charge is 0.310 e. The van der Waals surface area contributed by atoms with Gasteiger partial charge in [0.1, 0.15) is 17.5 Å². The van der Waals surface area contributed by atoms with E-state index in [1.807, 2.05) is 32.9 Å². The fourth-order valence-electron chi connectivity index (χ4n) is 2.52. The molecule has 0 aliphatic heterocycles. The number of carbonyl (C=O) groups is 1. The molecule has 1 heterocycles. The van der Waals surface area contributed by atoms with Gasteiger partial charge in [-0.15, -0.1) is 0 Å².